The predicted molar refractivity (Wildman–Crippen MR) is 119 cm³/mol. The Morgan fingerprint density at radius 3 is 2.56 bits per heavy atom. The van der Waals surface area contributed by atoms with Crippen molar-refractivity contribution in [3.63, 3.8) is 0 Å². The number of hydrogen-bond donors (Lipinski definition) is 1. The average molecular weight is 424 g/mol. The van der Waals surface area contributed by atoms with Gasteiger partial charge in [-0.3, -0.25) is 4.79 Å². The van der Waals surface area contributed by atoms with Crippen molar-refractivity contribution in [1.29, 1.82) is 5.26 Å². The molecule has 2 heterocycles. The number of benzene rings is 2. The van der Waals surface area contributed by atoms with Crippen LogP contribution in [0.3, 0.4) is 0 Å². The zero-order valence-electron chi connectivity index (χ0n) is 17.2. The van der Waals surface area contributed by atoms with Crippen molar-refractivity contribution >= 4 is 11.6 Å². The second kappa shape index (κ2) is 9.14. The standard InChI is InChI=1S/C25H20N4O3/c1-2-19(13-24(30)31)20-8-10-22(11-9-20)32-16-18-5-12-23-27-25(28-29(23)15-18)21-6-3-17(14-26)4-7-21/h2-12,15,19H,1,13,16H2,(H,30,31)/t19-/m0/s1. The molecule has 7 nitrogen and oxygen atoms in total. The number of carboxylic acid groups (broad SMARTS) is 1. The summed E-state index contributed by atoms with van der Waals surface area (Å²) in [6.45, 7) is 4.07. The van der Waals surface area contributed by atoms with Crippen LogP contribution in [0.15, 0.2) is 79.5 Å². The first-order chi connectivity index (χ1) is 15.6. The molecule has 0 spiro atoms. The van der Waals surface area contributed by atoms with Gasteiger partial charge >= 0.3 is 5.97 Å². The lowest BCUT2D eigenvalue weighted by molar-refractivity contribution is -0.137. The largest absolute Gasteiger partial charge is 0.489 e. The van der Waals surface area contributed by atoms with E-state index in [2.05, 4.69) is 22.7 Å². The maximum absolute atomic E-state index is 11.0. The van der Waals surface area contributed by atoms with E-state index < -0.39 is 5.97 Å². The Bertz CT molecular complexity index is 1300. The molecule has 7 heteroatoms. The van der Waals surface area contributed by atoms with Crippen LogP contribution in [0.5, 0.6) is 5.75 Å². The summed E-state index contributed by atoms with van der Waals surface area (Å²) >= 11 is 0. The summed E-state index contributed by atoms with van der Waals surface area (Å²) in [5, 5.41) is 22.5. The number of hydrogen-bond acceptors (Lipinski definition) is 5. The number of aromatic nitrogens is 3. The summed E-state index contributed by atoms with van der Waals surface area (Å²) < 4.78 is 7.58. The number of aliphatic carboxylic acids is 1. The van der Waals surface area contributed by atoms with E-state index in [9.17, 15) is 4.79 Å². The summed E-state index contributed by atoms with van der Waals surface area (Å²) in [6.07, 6.45) is 3.51. The number of allylic oxidation sites excluding steroid dienone is 1. The van der Waals surface area contributed by atoms with E-state index in [4.69, 9.17) is 15.1 Å². The fraction of sp³-hybridized carbons (Fsp3) is 0.120. The number of carboxylic acids is 1. The summed E-state index contributed by atoms with van der Waals surface area (Å²) in [5.74, 6) is 0.174. The highest BCUT2D eigenvalue weighted by Gasteiger charge is 2.12. The molecule has 0 saturated carbocycles. The molecule has 0 fully saturated rings. The lowest BCUT2D eigenvalue weighted by atomic mass is 9.96. The van der Waals surface area contributed by atoms with E-state index in [1.54, 1.807) is 22.7 Å². The van der Waals surface area contributed by atoms with Crippen molar-refractivity contribution in [3.8, 4) is 23.2 Å². The van der Waals surface area contributed by atoms with Gasteiger partial charge in [0.25, 0.3) is 0 Å². The van der Waals surface area contributed by atoms with Crippen molar-refractivity contribution in [1.82, 2.24) is 14.6 Å². The molecule has 4 aromatic rings. The molecule has 2 aromatic heterocycles. The third-order valence-electron chi connectivity index (χ3n) is 5.06. The van der Waals surface area contributed by atoms with Crippen LogP contribution in [0.25, 0.3) is 17.0 Å². The highest BCUT2D eigenvalue weighted by atomic mass is 16.5. The first kappa shape index (κ1) is 20.8. The van der Waals surface area contributed by atoms with Crippen molar-refractivity contribution < 1.29 is 14.6 Å². The number of nitriles is 1. The molecule has 32 heavy (non-hydrogen) atoms. The minimum atomic E-state index is -0.860. The third-order valence-corrected chi connectivity index (χ3v) is 5.06. The summed E-state index contributed by atoms with van der Waals surface area (Å²) in [7, 11) is 0. The van der Waals surface area contributed by atoms with E-state index in [-0.39, 0.29) is 12.3 Å². The molecule has 1 atom stereocenters. The summed E-state index contributed by atoms with van der Waals surface area (Å²) in [5.41, 5.74) is 3.95. The molecule has 1 N–H and O–H groups in total. The van der Waals surface area contributed by atoms with E-state index in [1.807, 2.05) is 54.7 Å². The van der Waals surface area contributed by atoms with Crippen LogP contribution in [-0.4, -0.2) is 25.7 Å². The Hall–Kier alpha value is -4.44. The molecule has 158 valence electrons. The average Bonchev–Trinajstić information content (AvgIpc) is 3.25. The lowest BCUT2D eigenvalue weighted by Crippen LogP contribution is -2.04. The van der Waals surface area contributed by atoms with E-state index in [0.717, 1.165) is 16.7 Å². The first-order valence-corrected chi connectivity index (χ1v) is 9.98. The fourth-order valence-electron chi connectivity index (χ4n) is 3.33. The molecular formula is C25H20N4O3. The van der Waals surface area contributed by atoms with Crippen molar-refractivity contribution in [2.45, 2.75) is 18.9 Å². The Labute approximate surface area is 184 Å². The molecule has 4 rings (SSSR count). The minimum Gasteiger partial charge on any atom is -0.489 e. The zero-order chi connectivity index (χ0) is 22.5. The van der Waals surface area contributed by atoms with Gasteiger partial charge in [0.1, 0.15) is 12.4 Å². The van der Waals surface area contributed by atoms with Gasteiger partial charge in [0.05, 0.1) is 18.1 Å². The van der Waals surface area contributed by atoms with Gasteiger partial charge in [-0.2, -0.15) is 5.26 Å². The number of pyridine rings is 1. The third kappa shape index (κ3) is 4.65. The van der Waals surface area contributed by atoms with Gasteiger partial charge in [0.15, 0.2) is 11.5 Å². The van der Waals surface area contributed by atoms with Crippen molar-refractivity contribution in [2.75, 3.05) is 0 Å². The molecule has 0 amide bonds. The number of rotatable bonds is 8. The van der Waals surface area contributed by atoms with Crippen LogP contribution in [0, 0.1) is 11.3 Å². The monoisotopic (exact) mass is 424 g/mol. The Morgan fingerprint density at radius 1 is 1.16 bits per heavy atom. The summed E-state index contributed by atoms with van der Waals surface area (Å²) in [6, 6.07) is 20.4. The van der Waals surface area contributed by atoms with E-state index in [0.29, 0.717) is 29.4 Å². The van der Waals surface area contributed by atoms with Crippen LogP contribution < -0.4 is 4.74 Å². The molecule has 0 radical (unpaired) electrons. The van der Waals surface area contributed by atoms with Gasteiger partial charge in [-0.25, -0.2) is 9.50 Å². The normalized spacial score (nSPS) is 11.6. The van der Waals surface area contributed by atoms with Crippen LogP contribution in [0.2, 0.25) is 0 Å². The van der Waals surface area contributed by atoms with Crippen molar-refractivity contribution in [3.05, 3.63) is 96.2 Å². The SMILES string of the molecule is C=C[C@@H](CC(=O)O)c1ccc(OCc2ccc3nc(-c4ccc(C#N)cc4)nn3c2)cc1. The van der Waals surface area contributed by atoms with Gasteiger partial charge in [-0.05, 0) is 48.0 Å². The van der Waals surface area contributed by atoms with Crippen molar-refractivity contribution in [2.24, 2.45) is 0 Å². The second-order valence-electron chi connectivity index (χ2n) is 7.26. The van der Waals surface area contributed by atoms with Crippen LogP contribution in [0.1, 0.15) is 29.0 Å². The number of carbonyl (C=O) groups is 1. The van der Waals surface area contributed by atoms with E-state index in [1.165, 1.54) is 0 Å². The van der Waals surface area contributed by atoms with Crippen LogP contribution in [-0.2, 0) is 11.4 Å². The van der Waals surface area contributed by atoms with E-state index >= 15 is 0 Å². The second-order valence-corrected chi connectivity index (χ2v) is 7.26. The minimum absolute atomic E-state index is 0.00603. The van der Waals surface area contributed by atoms with Crippen LogP contribution in [0.4, 0.5) is 0 Å². The molecule has 0 saturated heterocycles. The fourth-order valence-corrected chi connectivity index (χ4v) is 3.33. The predicted octanol–water partition coefficient (Wildman–Crippen LogP) is 4.59. The van der Waals surface area contributed by atoms with Crippen LogP contribution >= 0.6 is 0 Å². The smallest absolute Gasteiger partial charge is 0.304 e. The highest BCUT2D eigenvalue weighted by Crippen LogP contribution is 2.24. The maximum Gasteiger partial charge on any atom is 0.304 e. The number of nitrogens with zero attached hydrogens (tertiary/aromatic N) is 4. The zero-order valence-corrected chi connectivity index (χ0v) is 17.2. The maximum atomic E-state index is 11.0. The number of fused-ring (bicyclic) bond motifs is 1. The highest BCUT2D eigenvalue weighted by molar-refractivity contribution is 5.68. The Morgan fingerprint density at radius 2 is 1.91 bits per heavy atom. The van der Waals surface area contributed by atoms with Gasteiger partial charge in [-0.1, -0.05) is 24.3 Å². The first-order valence-electron chi connectivity index (χ1n) is 9.98. The van der Waals surface area contributed by atoms with Gasteiger partial charge in [0, 0.05) is 23.2 Å². The Balaban J connectivity index is 1.44. The molecule has 0 aliphatic carbocycles. The Kier molecular flexibility index (Phi) is 5.95. The van der Waals surface area contributed by atoms with Gasteiger partial charge < -0.3 is 9.84 Å². The molecule has 0 aliphatic heterocycles. The van der Waals surface area contributed by atoms with Gasteiger partial charge in [-0.15, -0.1) is 11.7 Å². The molecule has 0 bridgehead atoms. The molecular weight excluding hydrogens is 404 g/mol. The van der Waals surface area contributed by atoms with Gasteiger partial charge in [0.2, 0.25) is 0 Å². The lowest BCUT2D eigenvalue weighted by Gasteiger charge is -2.12. The quantitative estimate of drug-likeness (QED) is 0.415. The number of ether oxygens (including phenoxy) is 1. The molecule has 2 aromatic carbocycles. The topological polar surface area (TPSA) is 101 Å². The molecule has 0 aliphatic rings. The summed E-state index contributed by atoms with van der Waals surface area (Å²) in [4.78, 5) is 15.5. The molecule has 0 unspecified atom stereocenters.